The van der Waals surface area contributed by atoms with E-state index < -0.39 is 0 Å². The van der Waals surface area contributed by atoms with Gasteiger partial charge in [0.2, 0.25) is 0 Å². The zero-order valence-corrected chi connectivity index (χ0v) is 11.2. The third-order valence-electron chi connectivity index (χ3n) is 3.75. The molecule has 2 nitrogen and oxygen atoms in total. The molecule has 1 aromatic carbocycles. The first-order chi connectivity index (χ1) is 8.67. The summed E-state index contributed by atoms with van der Waals surface area (Å²) in [7, 11) is 2.12. The van der Waals surface area contributed by atoms with Crippen LogP contribution in [0.25, 0.3) is 0 Å². The van der Waals surface area contributed by atoms with Crippen LogP contribution in [-0.2, 0) is 13.1 Å². The third kappa shape index (κ3) is 3.79. The summed E-state index contributed by atoms with van der Waals surface area (Å²) in [6.45, 7) is 2.33. The molecule has 0 bridgehead atoms. The maximum Gasteiger partial charge on any atom is 0.123 e. The van der Waals surface area contributed by atoms with Crippen LogP contribution >= 0.6 is 0 Å². The Morgan fingerprint density at radius 1 is 1.22 bits per heavy atom. The molecule has 0 unspecified atom stereocenters. The summed E-state index contributed by atoms with van der Waals surface area (Å²) in [4.78, 5) is 2.30. The van der Waals surface area contributed by atoms with E-state index in [2.05, 4.69) is 11.9 Å². The van der Waals surface area contributed by atoms with E-state index in [1.165, 1.54) is 31.7 Å². The lowest BCUT2D eigenvalue weighted by molar-refractivity contribution is 0.271. The summed E-state index contributed by atoms with van der Waals surface area (Å²) < 4.78 is 13.4. The molecule has 0 heterocycles. The lowest BCUT2D eigenvalue weighted by Crippen LogP contribution is -2.24. The van der Waals surface area contributed by atoms with Crippen LogP contribution in [0.2, 0.25) is 0 Å². The van der Waals surface area contributed by atoms with Gasteiger partial charge in [0, 0.05) is 19.6 Å². The predicted octanol–water partition coefficient (Wildman–Crippen LogP) is 2.91. The van der Waals surface area contributed by atoms with Gasteiger partial charge in [-0.25, -0.2) is 4.39 Å². The maximum absolute atomic E-state index is 13.4. The van der Waals surface area contributed by atoms with Gasteiger partial charge in [0.1, 0.15) is 5.82 Å². The SMILES string of the molecule is CN(Cc1cc(F)cc(CN)c1)CC1CCCC1. The maximum atomic E-state index is 13.4. The highest BCUT2D eigenvalue weighted by molar-refractivity contribution is 5.24. The fraction of sp³-hybridized carbons (Fsp3) is 0.600. The van der Waals surface area contributed by atoms with Crippen molar-refractivity contribution in [2.24, 2.45) is 11.7 Å². The van der Waals surface area contributed by atoms with E-state index in [1.807, 2.05) is 6.07 Å². The molecule has 0 aliphatic heterocycles. The minimum Gasteiger partial charge on any atom is -0.326 e. The van der Waals surface area contributed by atoms with E-state index in [9.17, 15) is 4.39 Å². The predicted molar refractivity (Wildman–Crippen MR) is 72.6 cm³/mol. The summed E-state index contributed by atoms with van der Waals surface area (Å²) >= 11 is 0. The second kappa shape index (κ2) is 6.30. The second-order valence-corrected chi connectivity index (χ2v) is 5.52. The molecule has 1 aliphatic rings. The largest absolute Gasteiger partial charge is 0.326 e. The number of nitrogens with two attached hydrogens (primary N) is 1. The molecule has 0 radical (unpaired) electrons. The van der Waals surface area contributed by atoms with Crippen molar-refractivity contribution in [3.63, 3.8) is 0 Å². The standard InChI is InChI=1S/C15H23FN2/c1-18(10-12-4-2-3-5-12)11-14-6-13(9-17)7-15(16)8-14/h6-8,12H,2-5,9-11,17H2,1H3. The van der Waals surface area contributed by atoms with Crippen molar-refractivity contribution < 1.29 is 4.39 Å². The quantitative estimate of drug-likeness (QED) is 0.870. The van der Waals surface area contributed by atoms with Crippen molar-refractivity contribution in [2.45, 2.75) is 38.8 Å². The molecular weight excluding hydrogens is 227 g/mol. The molecule has 0 aromatic heterocycles. The molecule has 100 valence electrons. The zero-order valence-electron chi connectivity index (χ0n) is 11.2. The van der Waals surface area contributed by atoms with Crippen molar-refractivity contribution in [1.29, 1.82) is 0 Å². The Labute approximate surface area is 109 Å². The van der Waals surface area contributed by atoms with Crippen LogP contribution in [0.15, 0.2) is 18.2 Å². The number of benzene rings is 1. The topological polar surface area (TPSA) is 29.3 Å². The first kappa shape index (κ1) is 13.5. The Kier molecular flexibility index (Phi) is 4.72. The molecule has 2 N–H and O–H groups in total. The van der Waals surface area contributed by atoms with Gasteiger partial charge in [-0.15, -0.1) is 0 Å². The Morgan fingerprint density at radius 2 is 1.89 bits per heavy atom. The molecule has 1 saturated carbocycles. The fourth-order valence-corrected chi connectivity index (χ4v) is 2.94. The number of hydrogen-bond donors (Lipinski definition) is 1. The Morgan fingerprint density at radius 3 is 2.56 bits per heavy atom. The minimum atomic E-state index is -0.179. The fourth-order valence-electron chi connectivity index (χ4n) is 2.94. The Hall–Kier alpha value is -0.930. The average molecular weight is 250 g/mol. The molecule has 0 atom stereocenters. The number of rotatable bonds is 5. The summed E-state index contributed by atoms with van der Waals surface area (Å²) in [5, 5.41) is 0. The zero-order chi connectivity index (χ0) is 13.0. The van der Waals surface area contributed by atoms with Crippen molar-refractivity contribution in [3.8, 4) is 0 Å². The van der Waals surface area contributed by atoms with Gasteiger partial charge >= 0.3 is 0 Å². The first-order valence-electron chi connectivity index (χ1n) is 6.84. The minimum absolute atomic E-state index is 0.179. The van der Waals surface area contributed by atoms with Crippen LogP contribution in [0, 0.1) is 11.7 Å². The van der Waals surface area contributed by atoms with Crippen LogP contribution in [0.4, 0.5) is 4.39 Å². The van der Waals surface area contributed by atoms with Gasteiger partial charge in [-0.1, -0.05) is 18.9 Å². The van der Waals surface area contributed by atoms with Crippen molar-refractivity contribution in [2.75, 3.05) is 13.6 Å². The lowest BCUT2D eigenvalue weighted by Gasteiger charge is -2.21. The molecule has 1 aromatic rings. The molecule has 3 heteroatoms. The highest BCUT2D eigenvalue weighted by atomic mass is 19.1. The molecule has 0 amide bonds. The molecule has 0 spiro atoms. The number of hydrogen-bond acceptors (Lipinski definition) is 2. The van der Waals surface area contributed by atoms with E-state index in [0.29, 0.717) is 6.54 Å². The number of nitrogens with zero attached hydrogens (tertiary/aromatic N) is 1. The van der Waals surface area contributed by atoms with Gasteiger partial charge in [-0.2, -0.15) is 0 Å². The summed E-state index contributed by atoms with van der Waals surface area (Å²) in [6, 6.07) is 5.14. The van der Waals surface area contributed by atoms with E-state index in [-0.39, 0.29) is 5.82 Å². The Balaban J connectivity index is 1.93. The first-order valence-corrected chi connectivity index (χ1v) is 6.84. The van der Waals surface area contributed by atoms with Crippen molar-refractivity contribution in [1.82, 2.24) is 4.90 Å². The smallest absolute Gasteiger partial charge is 0.123 e. The van der Waals surface area contributed by atoms with Gasteiger partial charge in [-0.3, -0.25) is 0 Å². The highest BCUT2D eigenvalue weighted by Gasteiger charge is 2.16. The van der Waals surface area contributed by atoms with Crippen molar-refractivity contribution >= 4 is 0 Å². The third-order valence-corrected chi connectivity index (χ3v) is 3.75. The Bertz CT molecular complexity index is 386. The van der Waals surface area contributed by atoms with Gasteiger partial charge < -0.3 is 10.6 Å². The summed E-state index contributed by atoms with van der Waals surface area (Å²) in [6.07, 6.45) is 5.44. The van der Waals surface area contributed by atoms with Gasteiger partial charge in [0.05, 0.1) is 0 Å². The van der Waals surface area contributed by atoms with E-state index in [0.717, 1.165) is 30.1 Å². The van der Waals surface area contributed by atoms with Gasteiger partial charge in [0.25, 0.3) is 0 Å². The van der Waals surface area contributed by atoms with Gasteiger partial charge in [0.15, 0.2) is 0 Å². The van der Waals surface area contributed by atoms with Crippen LogP contribution in [0.3, 0.4) is 0 Å². The number of halogens is 1. The molecule has 0 saturated heterocycles. The van der Waals surface area contributed by atoms with E-state index in [4.69, 9.17) is 5.73 Å². The summed E-state index contributed by atoms with van der Waals surface area (Å²) in [5.74, 6) is 0.653. The molecular formula is C15H23FN2. The van der Waals surface area contributed by atoms with Crippen LogP contribution in [0.1, 0.15) is 36.8 Å². The second-order valence-electron chi connectivity index (χ2n) is 5.52. The average Bonchev–Trinajstić information content (AvgIpc) is 2.80. The van der Waals surface area contributed by atoms with E-state index >= 15 is 0 Å². The summed E-state index contributed by atoms with van der Waals surface area (Å²) in [5.41, 5.74) is 7.47. The lowest BCUT2D eigenvalue weighted by atomic mass is 10.1. The van der Waals surface area contributed by atoms with Crippen LogP contribution in [0.5, 0.6) is 0 Å². The molecule has 1 aliphatic carbocycles. The molecule has 1 fully saturated rings. The highest BCUT2D eigenvalue weighted by Crippen LogP contribution is 2.25. The van der Waals surface area contributed by atoms with Crippen LogP contribution in [-0.4, -0.2) is 18.5 Å². The van der Waals surface area contributed by atoms with E-state index in [1.54, 1.807) is 6.07 Å². The monoisotopic (exact) mass is 250 g/mol. The normalized spacial score (nSPS) is 16.7. The van der Waals surface area contributed by atoms with Crippen molar-refractivity contribution in [3.05, 3.63) is 35.1 Å². The molecule has 2 rings (SSSR count). The molecule has 18 heavy (non-hydrogen) atoms. The van der Waals surface area contributed by atoms with Gasteiger partial charge in [-0.05, 0) is 49.1 Å². The van der Waals surface area contributed by atoms with Crippen LogP contribution < -0.4 is 5.73 Å².